The van der Waals surface area contributed by atoms with Crippen LogP contribution in [0.15, 0.2) is 223 Å². The molecule has 0 radical (unpaired) electrons. The van der Waals surface area contributed by atoms with Gasteiger partial charge >= 0.3 is 0 Å². The van der Waals surface area contributed by atoms with Crippen LogP contribution in [0.4, 0.5) is 17.1 Å². The van der Waals surface area contributed by atoms with Gasteiger partial charge in [0.15, 0.2) is 0 Å². The molecule has 1 aromatic heterocycles. The van der Waals surface area contributed by atoms with Gasteiger partial charge in [-0.15, -0.1) is 0 Å². The molecule has 1 heterocycles. The predicted molar refractivity (Wildman–Crippen MR) is 270 cm³/mol. The van der Waals surface area contributed by atoms with Crippen LogP contribution in [0.5, 0.6) is 0 Å². The minimum Gasteiger partial charge on any atom is -0.456 e. The third-order valence-corrected chi connectivity index (χ3v) is 14.0. The Morgan fingerprint density at radius 3 is 1.83 bits per heavy atom. The van der Waals surface area contributed by atoms with Gasteiger partial charge in [-0.3, -0.25) is 0 Å². The number of nitrogens with zero attached hydrogens (tertiary/aromatic N) is 1. The Morgan fingerprint density at radius 1 is 0.453 bits per heavy atom. The summed E-state index contributed by atoms with van der Waals surface area (Å²) in [4.78, 5) is 2.36. The van der Waals surface area contributed by atoms with Crippen molar-refractivity contribution in [2.24, 2.45) is 5.92 Å². The number of allylic oxidation sites excluding steroid dienone is 4. The summed E-state index contributed by atoms with van der Waals surface area (Å²) in [6.07, 6.45) is 7.11. The van der Waals surface area contributed by atoms with Crippen molar-refractivity contribution in [3.05, 3.63) is 241 Å². The lowest BCUT2D eigenvalue weighted by Crippen LogP contribution is -2.14. The lowest BCUT2D eigenvalue weighted by atomic mass is 9.80. The van der Waals surface area contributed by atoms with Crippen molar-refractivity contribution in [1.82, 2.24) is 0 Å². The second-order valence-electron chi connectivity index (χ2n) is 18.2. The molecule has 0 saturated heterocycles. The van der Waals surface area contributed by atoms with E-state index in [-0.39, 0.29) is 5.41 Å². The van der Waals surface area contributed by atoms with Crippen LogP contribution in [0.3, 0.4) is 0 Å². The quantitative estimate of drug-likeness (QED) is 0.159. The van der Waals surface area contributed by atoms with Gasteiger partial charge in [-0.1, -0.05) is 185 Å². The van der Waals surface area contributed by atoms with Crippen LogP contribution in [0, 0.1) is 5.92 Å². The molecule has 64 heavy (non-hydrogen) atoms. The number of anilines is 3. The van der Waals surface area contributed by atoms with E-state index in [4.69, 9.17) is 4.42 Å². The summed E-state index contributed by atoms with van der Waals surface area (Å²) in [7, 11) is 0. The van der Waals surface area contributed by atoms with E-state index in [0.29, 0.717) is 11.8 Å². The van der Waals surface area contributed by atoms with Crippen LogP contribution in [-0.2, 0) is 5.41 Å². The summed E-state index contributed by atoms with van der Waals surface area (Å²) in [5.74, 6) is 0.756. The van der Waals surface area contributed by atoms with E-state index in [9.17, 15) is 0 Å². The van der Waals surface area contributed by atoms with E-state index in [1.807, 2.05) is 12.1 Å². The molecule has 0 saturated carbocycles. The Hall–Kier alpha value is -7.68. The average Bonchev–Trinajstić information content (AvgIpc) is 3.83. The van der Waals surface area contributed by atoms with Crippen LogP contribution >= 0.6 is 0 Å². The summed E-state index contributed by atoms with van der Waals surface area (Å²) in [6.45, 7) is 7.01. The Balaban J connectivity index is 0.862. The van der Waals surface area contributed by atoms with Gasteiger partial charge < -0.3 is 9.32 Å². The van der Waals surface area contributed by atoms with Crippen molar-refractivity contribution in [3.63, 3.8) is 0 Å². The maximum atomic E-state index is 6.26. The zero-order valence-electron chi connectivity index (χ0n) is 36.3. The van der Waals surface area contributed by atoms with E-state index in [0.717, 1.165) is 39.0 Å². The van der Waals surface area contributed by atoms with Crippen LogP contribution < -0.4 is 4.90 Å². The van der Waals surface area contributed by atoms with E-state index >= 15 is 0 Å². The zero-order chi connectivity index (χ0) is 42.9. The van der Waals surface area contributed by atoms with Gasteiger partial charge in [-0.25, -0.2) is 0 Å². The molecule has 9 aromatic carbocycles. The number of para-hydroxylation sites is 1. The third-order valence-electron chi connectivity index (χ3n) is 14.0. The third kappa shape index (κ3) is 6.40. The average molecular weight is 822 g/mol. The summed E-state index contributed by atoms with van der Waals surface area (Å²) in [5.41, 5.74) is 19.1. The van der Waals surface area contributed by atoms with Crippen LogP contribution in [0.2, 0.25) is 0 Å². The smallest absolute Gasteiger partial charge is 0.135 e. The largest absolute Gasteiger partial charge is 0.456 e. The SMILES string of the molecule is CC1C=CC(c2ccc(-c3ccc(N(c4ccc(-c5ccc6c(c5)C(C)(C)c5ccccc5-6)cc4)c4ccc5oc6ccccc6c5c4)cc3)cc2)=CC1c1ccc2ccccc2c1. The summed E-state index contributed by atoms with van der Waals surface area (Å²) >= 11 is 0. The van der Waals surface area contributed by atoms with Gasteiger partial charge in [0.05, 0.1) is 0 Å². The minimum absolute atomic E-state index is 0.0472. The first-order chi connectivity index (χ1) is 31.4. The van der Waals surface area contributed by atoms with Crippen LogP contribution in [0.1, 0.15) is 48.9 Å². The molecule has 2 atom stereocenters. The summed E-state index contributed by atoms with van der Waals surface area (Å²) in [6, 6.07) is 73.3. The Kier molecular flexibility index (Phi) is 8.91. The maximum absolute atomic E-state index is 6.26. The number of furan rings is 1. The number of rotatable bonds is 7. The molecule has 0 fully saturated rings. The molecule has 0 spiro atoms. The molecular weight excluding hydrogens is 775 g/mol. The van der Waals surface area contributed by atoms with Gasteiger partial charge in [0.25, 0.3) is 0 Å². The highest BCUT2D eigenvalue weighted by molar-refractivity contribution is 6.06. The normalized spacial score (nSPS) is 16.2. The maximum Gasteiger partial charge on any atom is 0.135 e. The molecule has 2 aliphatic carbocycles. The monoisotopic (exact) mass is 821 g/mol. The van der Waals surface area contributed by atoms with E-state index in [2.05, 4.69) is 232 Å². The molecule has 2 nitrogen and oxygen atoms in total. The molecular formula is C62H47NO. The first kappa shape index (κ1) is 38.0. The lowest BCUT2D eigenvalue weighted by molar-refractivity contribution is 0.638. The lowest BCUT2D eigenvalue weighted by Gasteiger charge is -2.26. The Labute approximate surface area is 375 Å². The second-order valence-corrected chi connectivity index (χ2v) is 18.2. The molecule has 2 heteroatoms. The molecule has 10 aromatic rings. The van der Waals surface area contributed by atoms with Gasteiger partial charge in [-0.05, 0) is 132 Å². The molecule has 0 aliphatic heterocycles. The van der Waals surface area contributed by atoms with E-state index in [1.165, 1.54) is 72.0 Å². The molecule has 0 bridgehead atoms. The van der Waals surface area contributed by atoms with Gasteiger partial charge in [0, 0.05) is 39.2 Å². The standard InChI is InChI=1S/C62H47NO/c1-40-16-17-47(37-56(40)49-23-22-41-10-4-5-11-46(41)36-49)44-20-18-42(19-21-44)43-24-29-50(30-25-43)63(52-33-35-61-57(39-52)55-13-7-9-15-60(55)64-61)51-31-26-45(27-32-51)48-28-34-54-53-12-6-8-14-58(53)62(2,3)59(54)38-48/h4-40,56H,1-3H3. The molecule has 2 unspecified atom stereocenters. The van der Waals surface area contributed by atoms with Crippen molar-refractivity contribution in [1.29, 1.82) is 0 Å². The number of benzene rings is 9. The van der Waals surface area contributed by atoms with Crippen LogP contribution in [-0.4, -0.2) is 0 Å². The highest BCUT2D eigenvalue weighted by Gasteiger charge is 2.35. The van der Waals surface area contributed by atoms with Crippen molar-refractivity contribution in [2.75, 3.05) is 4.90 Å². The number of hydrogen-bond donors (Lipinski definition) is 0. The van der Waals surface area contributed by atoms with Gasteiger partial charge in [0.2, 0.25) is 0 Å². The molecule has 2 aliphatic rings. The van der Waals surface area contributed by atoms with Crippen LogP contribution in [0.25, 0.3) is 71.7 Å². The van der Waals surface area contributed by atoms with E-state index in [1.54, 1.807) is 0 Å². The first-order valence-corrected chi connectivity index (χ1v) is 22.5. The summed E-state index contributed by atoms with van der Waals surface area (Å²) < 4.78 is 6.26. The molecule has 12 rings (SSSR count). The van der Waals surface area contributed by atoms with Crippen molar-refractivity contribution in [2.45, 2.75) is 32.1 Å². The number of fused-ring (bicyclic) bond motifs is 7. The van der Waals surface area contributed by atoms with E-state index < -0.39 is 0 Å². The summed E-state index contributed by atoms with van der Waals surface area (Å²) in [5, 5.41) is 4.80. The second kappa shape index (κ2) is 15.0. The zero-order valence-corrected chi connectivity index (χ0v) is 36.3. The van der Waals surface area contributed by atoms with Gasteiger partial charge in [-0.2, -0.15) is 0 Å². The number of hydrogen-bond acceptors (Lipinski definition) is 2. The minimum atomic E-state index is -0.0472. The molecule has 0 amide bonds. The highest BCUT2D eigenvalue weighted by atomic mass is 16.3. The van der Waals surface area contributed by atoms with Crippen molar-refractivity contribution >= 4 is 55.3 Å². The first-order valence-electron chi connectivity index (χ1n) is 22.5. The Morgan fingerprint density at radius 2 is 1.05 bits per heavy atom. The predicted octanol–water partition coefficient (Wildman–Crippen LogP) is 17.2. The topological polar surface area (TPSA) is 16.4 Å². The van der Waals surface area contributed by atoms with Gasteiger partial charge in [0.1, 0.15) is 11.2 Å². The van der Waals surface area contributed by atoms with Crippen molar-refractivity contribution < 1.29 is 4.42 Å². The Bertz CT molecular complexity index is 3470. The fraction of sp³-hybridized carbons (Fsp3) is 0.0968. The fourth-order valence-corrected chi connectivity index (χ4v) is 10.4. The fourth-order valence-electron chi connectivity index (χ4n) is 10.4. The molecule has 0 N–H and O–H groups in total. The van der Waals surface area contributed by atoms with Crippen molar-refractivity contribution in [3.8, 4) is 33.4 Å². The molecule has 306 valence electrons. The highest BCUT2D eigenvalue weighted by Crippen LogP contribution is 2.50.